The van der Waals surface area contributed by atoms with Crippen LogP contribution in [0.2, 0.25) is 0 Å². The molecule has 5 nitrogen and oxygen atoms in total. The fourth-order valence-electron chi connectivity index (χ4n) is 3.00. The Hall–Kier alpha value is -2.35. The summed E-state index contributed by atoms with van der Waals surface area (Å²) in [7, 11) is 0. The second kappa shape index (κ2) is 11.9. The molecule has 0 fully saturated rings. The molecule has 1 aromatic rings. The second-order valence-corrected chi connectivity index (χ2v) is 8.88. The molecule has 0 radical (unpaired) electrons. The Balaban J connectivity index is 3.06. The summed E-state index contributed by atoms with van der Waals surface area (Å²) in [6.07, 6.45) is -0.308. The molecule has 0 aliphatic rings. The minimum absolute atomic E-state index is 0.0430. The van der Waals surface area contributed by atoms with Gasteiger partial charge in [-0.05, 0) is 45.1 Å². The third kappa shape index (κ3) is 11.6. The van der Waals surface area contributed by atoms with E-state index in [0.717, 1.165) is 5.56 Å². The van der Waals surface area contributed by atoms with Crippen molar-refractivity contribution < 1.29 is 27.5 Å². The van der Waals surface area contributed by atoms with Crippen molar-refractivity contribution in [2.24, 2.45) is 17.8 Å². The quantitative estimate of drug-likeness (QED) is 0.400. The van der Waals surface area contributed by atoms with E-state index >= 15 is 0 Å². The van der Waals surface area contributed by atoms with Crippen molar-refractivity contribution in [3.05, 3.63) is 42.0 Å². The lowest BCUT2D eigenvalue weighted by Crippen LogP contribution is -2.48. The molecule has 0 unspecified atom stereocenters. The summed E-state index contributed by atoms with van der Waals surface area (Å²) in [6.45, 7) is 7.58. The Morgan fingerprint density at radius 3 is 2.19 bits per heavy atom. The molecular formula is C23H33F3N2O3. The summed E-state index contributed by atoms with van der Waals surface area (Å²) in [5.74, 6) is -2.87. The van der Waals surface area contributed by atoms with Gasteiger partial charge in [-0.3, -0.25) is 15.0 Å². The van der Waals surface area contributed by atoms with Gasteiger partial charge in [0.1, 0.15) is 12.1 Å². The number of hydrogen-bond acceptors (Lipinski definition) is 4. The molecule has 0 aliphatic heterocycles. The molecule has 1 rings (SSSR count). The van der Waals surface area contributed by atoms with Gasteiger partial charge in [0.15, 0.2) is 0 Å². The van der Waals surface area contributed by atoms with E-state index in [4.69, 9.17) is 4.74 Å². The molecule has 0 spiro atoms. The fourth-order valence-corrected chi connectivity index (χ4v) is 3.00. The highest BCUT2D eigenvalue weighted by Crippen LogP contribution is 2.28. The topological polar surface area (TPSA) is 67.4 Å². The molecule has 0 saturated carbocycles. The SMILES string of the molecule is CC(C)C[C@H](C(=O)NNCC(F)(F)F)[C@H](CC=Cc1ccccc1)C(=O)OC(C)(C)C. The van der Waals surface area contributed by atoms with Crippen molar-refractivity contribution in [1.82, 2.24) is 10.9 Å². The van der Waals surface area contributed by atoms with Crippen LogP contribution in [-0.2, 0) is 14.3 Å². The number of nitrogens with one attached hydrogen (secondary N) is 2. The Kier molecular flexibility index (Phi) is 10.2. The number of rotatable bonds is 10. The van der Waals surface area contributed by atoms with Gasteiger partial charge in [0.25, 0.3) is 0 Å². The van der Waals surface area contributed by atoms with Crippen LogP contribution in [0.4, 0.5) is 13.2 Å². The number of halogens is 3. The number of amides is 1. The van der Waals surface area contributed by atoms with Crippen LogP contribution in [-0.4, -0.2) is 30.2 Å². The molecule has 2 atom stereocenters. The lowest BCUT2D eigenvalue weighted by molar-refractivity contribution is -0.164. The molecule has 31 heavy (non-hydrogen) atoms. The average Bonchev–Trinajstić information content (AvgIpc) is 2.61. The molecule has 0 aliphatic carbocycles. The molecule has 0 saturated heterocycles. The number of carbonyl (C=O) groups is 2. The van der Waals surface area contributed by atoms with Gasteiger partial charge in [0, 0.05) is 0 Å². The maximum atomic E-state index is 12.9. The number of allylic oxidation sites excluding steroid dienone is 1. The summed E-state index contributed by atoms with van der Waals surface area (Å²) in [4.78, 5) is 25.7. The smallest absolute Gasteiger partial charge is 0.402 e. The van der Waals surface area contributed by atoms with Crippen molar-refractivity contribution in [2.75, 3.05) is 6.54 Å². The number of esters is 1. The van der Waals surface area contributed by atoms with E-state index in [-0.39, 0.29) is 12.3 Å². The molecule has 174 valence electrons. The van der Waals surface area contributed by atoms with Gasteiger partial charge in [-0.25, -0.2) is 5.43 Å². The molecule has 8 heteroatoms. The molecule has 1 aromatic carbocycles. The third-order valence-electron chi connectivity index (χ3n) is 4.26. The minimum atomic E-state index is -4.47. The van der Waals surface area contributed by atoms with Crippen LogP contribution in [0.3, 0.4) is 0 Å². The number of hydrogen-bond donors (Lipinski definition) is 2. The van der Waals surface area contributed by atoms with Gasteiger partial charge in [-0.2, -0.15) is 13.2 Å². The standard InChI is InChI=1S/C23H33F3N2O3/c1-16(2)14-19(20(29)28-27-15-23(24,25)26)18(21(30)31-22(3,4)5)13-9-12-17-10-7-6-8-11-17/h6-12,16,18-19,27H,13-15H2,1-5H3,(H,28,29)/t18-,19-/m0/s1. The zero-order valence-electron chi connectivity index (χ0n) is 18.8. The predicted octanol–water partition coefficient (Wildman–Crippen LogP) is 4.89. The van der Waals surface area contributed by atoms with Crippen molar-refractivity contribution in [2.45, 2.75) is 59.2 Å². The van der Waals surface area contributed by atoms with E-state index in [1.807, 2.05) is 55.7 Å². The Bertz CT molecular complexity index is 726. The van der Waals surface area contributed by atoms with Crippen molar-refractivity contribution >= 4 is 18.0 Å². The highest BCUT2D eigenvalue weighted by atomic mass is 19.4. The van der Waals surface area contributed by atoms with E-state index < -0.39 is 42.0 Å². The summed E-state index contributed by atoms with van der Waals surface area (Å²) in [5, 5.41) is 0. The maximum absolute atomic E-state index is 12.9. The summed E-state index contributed by atoms with van der Waals surface area (Å²) < 4.78 is 42.8. The Morgan fingerprint density at radius 2 is 1.68 bits per heavy atom. The van der Waals surface area contributed by atoms with Crippen LogP contribution < -0.4 is 10.9 Å². The first-order valence-electron chi connectivity index (χ1n) is 10.3. The average molecular weight is 443 g/mol. The zero-order valence-corrected chi connectivity index (χ0v) is 18.8. The first-order chi connectivity index (χ1) is 14.3. The van der Waals surface area contributed by atoms with E-state index in [9.17, 15) is 22.8 Å². The van der Waals surface area contributed by atoms with Crippen LogP contribution >= 0.6 is 0 Å². The van der Waals surface area contributed by atoms with Crippen LogP contribution in [0, 0.1) is 17.8 Å². The Labute approximate surface area is 182 Å². The summed E-state index contributed by atoms with van der Waals surface area (Å²) in [6, 6.07) is 9.45. The fraction of sp³-hybridized carbons (Fsp3) is 0.565. The number of alkyl halides is 3. The number of hydrazine groups is 1. The molecule has 0 heterocycles. The minimum Gasteiger partial charge on any atom is -0.460 e. The van der Waals surface area contributed by atoms with Gasteiger partial charge in [0.05, 0.1) is 11.8 Å². The maximum Gasteiger partial charge on any atom is 0.402 e. The van der Waals surface area contributed by atoms with E-state index in [1.54, 1.807) is 26.8 Å². The van der Waals surface area contributed by atoms with E-state index in [2.05, 4.69) is 5.43 Å². The number of carbonyl (C=O) groups excluding carboxylic acids is 2. The van der Waals surface area contributed by atoms with Gasteiger partial charge in [-0.15, -0.1) is 0 Å². The largest absolute Gasteiger partial charge is 0.460 e. The molecule has 0 bridgehead atoms. The summed E-state index contributed by atoms with van der Waals surface area (Å²) >= 11 is 0. The second-order valence-electron chi connectivity index (χ2n) is 8.88. The van der Waals surface area contributed by atoms with Gasteiger partial charge >= 0.3 is 12.1 Å². The van der Waals surface area contributed by atoms with E-state index in [1.165, 1.54) is 0 Å². The van der Waals surface area contributed by atoms with Crippen LogP contribution in [0.25, 0.3) is 6.08 Å². The lowest BCUT2D eigenvalue weighted by atomic mass is 9.82. The van der Waals surface area contributed by atoms with Gasteiger partial charge < -0.3 is 4.74 Å². The zero-order chi connectivity index (χ0) is 23.7. The third-order valence-corrected chi connectivity index (χ3v) is 4.26. The number of ether oxygens (including phenoxy) is 1. The highest BCUT2D eigenvalue weighted by molar-refractivity contribution is 5.85. The van der Waals surface area contributed by atoms with Crippen molar-refractivity contribution in [1.29, 1.82) is 0 Å². The monoisotopic (exact) mass is 442 g/mol. The Morgan fingerprint density at radius 1 is 1.06 bits per heavy atom. The molecule has 0 aromatic heterocycles. The normalized spacial score (nSPS) is 14.5. The lowest BCUT2D eigenvalue weighted by Gasteiger charge is -2.29. The first-order valence-corrected chi connectivity index (χ1v) is 10.3. The van der Waals surface area contributed by atoms with Crippen molar-refractivity contribution in [3.63, 3.8) is 0 Å². The van der Waals surface area contributed by atoms with Crippen LogP contribution in [0.15, 0.2) is 36.4 Å². The van der Waals surface area contributed by atoms with Gasteiger partial charge in [-0.1, -0.05) is 56.3 Å². The molecular weight excluding hydrogens is 409 g/mol. The predicted molar refractivity (Wildman–Crippen MR) is 115 cm³/mol. The van der Waals surface area contributed by atoms with Crippen LogP contribution in [0.5, 0.6) is 0 Å². The van der Waals surface area contributed by atoms with Gasteiger partial charge in [0.2, 0.25) is 5.91 Å². The van der Waals surface area contributed by atoms with Crippen molar-refractivity contribution in [3.8, 4) is 0 Å². The molecule has 2 N–H and O–H groups in total. The first kappa shape index (κ1) is 26.7. The number of benzene rings is 1. The summed E-state index contributed by atoms with van der Waals surface area (Å²) in [5.41, 5.74) is 4.19. The molecule has 1 amide bonds. The van der Waals surface area contributed by atoms with E-state index in [0.29, 0.717) is 6.42 Å². The highest BCUT2D eigenvalue weighted by Gasteiger charge is 2.36. The van der Waals surface area contributed by atoms with Crippen LogP contribution in [0.1, 0.15) is 53.0 Å².